The van der Waals surface area contributed by atoms with Gasteiger partial charge in [0.05, 0.1) is 5.56 Å². The largest absolute Gasteiger partial charge is 0.478 e. The zero-order valence-electron chi connectivity index (χ0n) is 9.17. The summed E-state index contributed by atoms with van der Waals surface area (Å²) in [5.74, 6) is 0.112. The van der Waals surface area contributed by atoms with Gasteiger partial charge >= 0.3 is 5.97 Å². The van der Waals surface area contributed by atoms with E-state index in [1.165, 1.54) is 22.9 Å². The van der Waals surface area contributed by atoms with Gasteiger partial charge in [0.1, 0.15) is 0 Å². The van der Waals surface area contributed by atoms with Gasteiger partial charge in [0.25, 0.3) is 5.56 Å². The van der Waals surface area contributed by atoms with Crippen LogP contribution in [-0.2, 0) is 10.8 Å². The molecule has 5 nitrogen and oxygen atoms in total. The third-order valence-corrected chi connectivity index (χ3v) is 4.32. The number of carboxylic acid groups (broad SMARTS) is 1. The van der Waals surface area contributed by atoms with Crippen LogP contribution in [-0.4, -0.2) is 31.4 Å². The molecule has 0 unspecified atom stereocenters. The van der Waals surface area contributed by atoms with Gasteiger partial charge in [-0.2, -0.15) is 0 Å². The third-order valence-electron chi connectivity index (χ3n) is 2.94. The molecule has 1 N–H and O–H groups in total. The van der Waals surface area contributed by atoms with E-state index in [1.54, 1.807) is 0 Å². The SMILES string of the molecule is O=C(O)c1ccc(=O)n(C2CCS(=O)CC2)c1. The van der Waals surface area contributed by atoms with Crippen molar-refractivity contribution in [2.24, 2.45) is 0 Å². The molecule has 0 amide bonds. The Kier molecular flexibility index (Phi) is 3.42. The lowest BCUT2D eigenvalue weighted by atomic mass is 10.1. The average Bonchev–Trinajstić information content (AvgIpc) is 2.31. The number of aromatic carboxylic acids is 1. The second kappa shape index (κ2) is 4.83. The Morgan fingerprint density at radius 3 is 2.59 bits per heavy atom. The average molecular weight is 255 g/mol. The molecule has 1 fully saturated rings. The second-order valence-corrected chi connectivity index (χ2v) is 5.74. The summed E-state index contributed by atoms with van der Waals surface area (Å²) in [6.45, 7) is 0. The van der Waals surface area contributed by atoms with E-state index in [4.69, 9.17) is 5.11 Å². The minimum atomic E-state index is -1.04. The molecule has 2 heterocycles. The van der Waals surface area contributed by atoms with Crippen molar-refractivity contribution in [1.29, 1.82) is 0 Å². The number of aromatic nitrogens is 1. The Morgan fingerprint density at radius 2 is 2.00 bits per heavy atom. The third kappa shape index (κ3) is 2.63. The summed E-state index contributed by atoms with van der Waals surface area (Å²) in [4.78, 5) is 22.5. The van der Waals surface area contributed by atoms with E-state index in [0.717, 1.165) is 0 Å². The van der Waals surface area contributed by atoms with Crippen molar-refractivity contribution in [3.63, 3.8) is 0 Å². The summed E-state index contributed by atoms with van der Waals surface area (Å²) < 4.78 is 12.7. The Balaban J connectivity index is 2.31. The Labute approximate surface area is 101 Å². The quantitative estimate of drug-likeness (QED) is 0.841. The summed E-state index contributed by atoms with van der Waals surface area (Å²) in [6.07, 6.45) is 2.70. The molecular formula is C11H13NO4S. The number of pyridine rings is 1. The van der Waals surface area contributed by atoms with Crippen LogP contribution in [0.2, 0.25) is 0 Å². The molecule has 0 bridgehead atoms. The molecule has 6 heteroatoms. The molecule has 0 atom stereocenters. The molecule has 1 aliphatic rings. The van der Waals surface area contributed by atoms with Gasteiger partial charge in [-0.1, -0.05) is 0 Å². The Hall–Kier alpha value is -1.43. The van der Waals surface area contributed by atoms with Crippen LogP contribution in [0.5, 0.6) is 0 Å². The molecule has 92 valence electrons. The van der Waals surface area contributed by atoms with Crippen LogP contribution in [0.3, 0.4) is 0 Å². The zero-order chi connectivity index (χ0) is 12.4. The topological polar surface area (TPSA) is 76.4 Å². The van der Waals surface area contributed by atoms with Crippen LogP contribution in [0, 0.1) is 0 Å². The first-order chi connectivity index (χ1) is 8.08. The molecule has 2 rings (SSSR count). The first-order valence-electron chi connectivity index (χ1n) is 5.38. The highest BCUT2D eigenvalue weighted by atomic mass is 32.2. The second-order valence-electron chi connectivity index (χ2n) is 4.05. The highest BCUT2D eigenvalue weighted by molar-refractivity contribution is 7.85. The Bertz CT molecular complexity index is 512. The molecule has 1 aromatic rings. The van der Waals surface area contributed by atoms with Gasteiger partial charge < -0.3 is 9.67 Å². The fraction of sp³-hybridized carbons (Fsp3) is 0.455. The predicted octanol–water partition coefficient (Wildman–Crippen LogP) is 0.630. The lowest BCUT2D eigenvalue weighted by Crippen LogP contribution is -2.29. The number of hydrogen-bond acceptors (Lipinski definition) is 3. The van der Waals surface area contributed by atoms with Crippen molar-refractivity contribution in [3.8, 4) is 0 Å². The summed E-state index contributed by atoms with van der Waals surface area (Å²) in [5, 5.41) is 8.88. The number of nitrogens with zero attached hydrogens (tertiary/aromatic N) is 1. The van der Waals surface area contributed by atoms with E-state index in [1.807, 2.05) is 0 Å². The first kappa shape index (κ1) is 12.0. The maximum Gasteiger partial charge on any atom is 0.337 e. The van der Waals surface area contributed by atoms with Gasteiger partial charge in [0, 0.05) is 40.6 Å². The van der Waals surface area contributed by atoms with Crippen LogP contribution in [0.25, 0.3) is 0 Å². The van der Waals surface area contributed by atoms with E-state index in [9.17, 15) is 13.8 Å². The van der Waals surface area contributed by atoms with E-state index in [2.05, 4.69) is 0 Å². The summed E-state index contributed by atoms with van der Waals surface area (Å²) in [7, 11) is -0.787. The summed E-state index contributed by atoms with van der Waals surface area (Å²) in [5.41, 5.74) is -0.0935. The molecule has 1 saturated heterocycles. The number of hydrogen-bond donors (Lipinski definition) is 1. The first-order valence-corrected chi connectivity index (χ1v) is 6.87. The lowest BCUT2D eigenvalue weighted by molar-refractivity contribution is 0.0695. The van der Waals surface area contributed by atoms with Crippen LogP contribution in [0.15, 0.2) is 23.1 Å². The monoisotopic (exact) mass is 255 g/mol. The van der Waals surface area contributed by atoms with E-state index in [-0.39, 0.29) is 17.2 Å². The maximum atomic E-state index is 11.7. The van der Waals surface area contributed by atoms with Crippen molar-refractivity contribution in [3.05, 3.63) is 34.2 Å². The van der Waals surface area contributed by atoms with E-state index in [0.29, 0.717) is 24.3 Å². The normalized spacial score (nSPS) is 24.5. The van der Waals surface area contributed by atoms with Crippen molar-refractivity contribution in [2.75, 3.05) is 11.5 Å². The minimum absolute atomic E-state index is 0.0282. The van der Waals surface area contributed by atoms with Crippen molar-refractivity contribution in [2.45, 2.75) is 18.9 Å². The number of rotatable bonds is 2. The zero-order valence-corrected chi connectivity index (χ0v) is 9.98. The molecule has 0 saturated carbocycles. The number of carbonyl (C=O) groups is 1. The van der Waals surface area contributed by atoms with Gasteiger partial charge in [-0.05, 0) is 18.9 Å². The molecule has 17 heavy (non-hydrogen) atoms. The molecule has 0 aliphatic carbocycles. The molecule has 1 aliphatic heterocycles. The summed E-state index contributed by atoms with van der Waals surface area (Å²) in [6, 6.07) is 2.55. The van der Waals surface area contributed by atoms with Gasteiger partial charge in [-0.3, -0.25) is 9.00 Å². The van der Waals surface area contributed by atoms with E-state index >= 15 is 0 Å². The predicted molar refractivity (Wildman–Crippen MR) is 63.8 cm³/mol. The van der Waals surface area contributed by atoms with Gasteiger partial charge in [0.2, 0.25) is 0 Å². The van der Waals surface area contributed by atoms with Gasteiger partial charge in [0.15, 0.2) is 0 Å². The van der Waals surface area contributed by atoms with Crippen LogP contribution in [0.4, 0.5) is 0 Å². The van der Waals surface area contributed by atoms with Crippen molar-refractivity contribution >= 4 is 16.8 Å². The standard InChI is InChI=1S/C11H13NO4S/c13-10-2-1-8(11(14)15)7-12(10)9-3-5-17(16)6-4-9/h1-2,7,9H,3-6H2,(H,14,15). The van der Waals surface area contributed by atoms with Crippen LogP contribution < -0.4 is 5.56 Å². The molecular weight excluding hydrogens is 242 g/mol. The maximum absolute atomic E-state index is 11.7. The van der Waals surface area contributed by atoms with E-state index < -0.39 is 16.8 Å². The van der Waals surface area contributed by atoms with Gasteiger partial charge in [-0.15, -0.1) is 0 Å². The Morgan fingerprint density at radius 1 is 1.35 bits per heavy atom. The molecule has 1 aromatic heterocycles. The minimum Gasteiger partial charge on any atom is -0.478 e. The summed E-state index contributed by atoms with van der Waals surface area (Å²) >= 11 is 0. The molecule has 0 aromatic carbocycles. The van der Waals surface area contributed by atoms with Crippen molar-refractivity contribution in [1.82, 2.24) is 4.57 Å². The fourth-order valence-electron chi connectivity index (χ4n) is 1.98. The van der Waals surface area contributed by atoms with Crippen LogP contribution in [0.1, 0.15) is 29.2 Å². The highest BCUT2D eigenvalue weighted by Crippen LogP contribution is 2.20. The highest BCUT2D eigenvalue weighted by Gasteiger charge is 2.20. The van der Waals surface area contributed by atoms with Gasteiger partial charge in [-0.25, -0.2) is 4.79 Å². The number of carboxylic acids is 1. The van der Waals surface area contributed by atoms with Crippen LogP contribution >= 0.6 is 0 Å². The van der Waals surface area contributed by atoms with Crippen molar-refractivity contribution < 1.29 is 14.1 Å². The smallest absolute Gasteiger partial charge is 0.337 e. The molecule has 0 spiro atoms. The fourth-order valence-corrected chi connectivity index (χ4v) is 3.25. The lowest BCUT2D eigenvalue weighted by Gasteiger charge is -2.23. The molecule has 0 radical (unpaired) electrons.